The number of rotatable bonds is 5. The third-order valence-corrected chi connectivity index (χ3v) is 14.0. The van der Waals surface area contributed by atoms with Crippen LogP contribution in [-0.2, 0) is 41.4 Å². The predicted octanol–water partition coefficient (Wildman–Crippen LogP) is 6.67. The van der Waals surface area contributed by atoms with Gasteiger partial charge in [-0.1, -0.05) is 59.6 Å². The summed E-state index contributed by atoms with van der Waals surface area (Å²) in [5, 5.41) is 0.177. The minimum atomic E-state index is -1.62. The minimum absolute atomic E-state index is 0.0649. The Hall–Kier alpha value is -2.93. The quantitative estimate of drug-likeness (QED) is 0.182. The lowest BCUT2D eigenvalue weighted by atomic mass is 9.66. The van der Waals surface area contributed by atoms with Gasteiger partial charge in [0.05, 0.1) is 21.8 Å². The molecule has 1 aromatic carbocycles. The Morgan fingerprint density at radius 2 is 1.29 bits per heavy atom. The molecule has 2 unspecified atom stereocenters. The zero-order chi connectivity index (χ0) is 36.1. The molecule has 11 nitrogen and oxygen atoms in total. The molecule has 3 aliphatic heterocycles. The van der Waals surface area contributed by atoms with E-state index in [4.69, 9.17) is 28.1 Å². The average molecular weight is 809 g/mol. The van der Waals surface area contributed by atoms with Crippen LogP contribution in [0.2, 0.25) is 0 Å². The van der Waals surface area contributed by atoms with Crippen molar-refractivity contribution >= 4 is 66.7 Å². The zero-order valence-electron chi connectivity index (χ0n) is 29.0. The van der Waals surface area contributed by atoms with Crippen molar-refractivity contribution in [2.75, 3.05) is 0 Å². The van der Waals surface area contributed by atoms with E-state index in [0.29, 0.717) is 12.8 Å². The molecule has 0 spiro atoms. The number of ether oxygens (including phenoxy) is 5. The van der Waals surface area contributed by atoms with Gasteiger partial charge in [-0.25, -0.2) is 9.59 Å². The molecule has 2 aliphatic carbocycles. The molecule has 4 fully saturated rings. The van der Waals surface area contributed by atoms with Gasteiger partial charge < -0.3 is 28.1 Å². The second-order valence-corrected chi connectivity index (χ2v) is 20.7. The van der Waals surface area contributed by atoms with E-state index >= 15 is 0 Å². The molecule has 13 heteroatoms. The molecule has 2 saturated carbocycles. The Bertz CT molecular complexity index is 1940. The third-order valence-electron chi connectivity index (χ3n) is 13.2. The summed E-state index contributed by atoms with van der Waals surface area (Å²) in [4.78, 5) is 68.7. The Balaban J connectivity index is 1.40. The Kier molecular flexibility index (Phi) is 6.97. The molecule has 5 aliphatic rings. The highest BCUT2D eigenvalue weighted by Crippen LogP contribution is 2.67. The topological polar surface area (TPSA) is 145 Å². The summed E-state index contributed by atoms with van der Waals surface area (Å²) in [5.74, 6) is -2.11. The van der Waals surface area contributed by atoms with Crippen LogP contribution in [0.3, 0.4) is 0 Å². The normalized spacial score (nSPS) is 36.1. The van der Waals surface area contributed by atoms with Gasteiger partial charge >= 0.3 is 23.9 Å². The van der Waals surface area contributed by atoms with Crippen molar-refractivity contribution in [1.29, 1.82) is 0 Å². The van der Waals surface area contributed by atoms with Crippen molar-refractivity contribution in [2.24, 2.45) is 21.7 Å². The molecular formula is C36H40Br2O11. The van der Waals surface area contributed by atoms with Crippen molar-refractivity contribution in [2.45, 2.75) is 120 Å². The number of carbonyl (C=O) groups excluding carboxylic acids is 4. The minimum Gasteiger partial charge on any atom is -0.483 e. The predicted molar refractivity (Wildman–Crippen MR) is 181 cm³/mol. The van der Waals surface area contributed by atoms with Crippen molar-refractivity contribution in [3.05, 3.63) is 39.7 Å². The van der Waals surface area contributed by atoms with Crippen LogP contribution in [0.5, 0.6) is 5.75 Å². The number of fused-ring (bicyclic) bond motifs is 7. The van der Waals surface area contributed by atoms with Gasteiger partial charge in [-0.05, 0) is 72.4 Å². The first-order valence-corrected chi connectivity index (χ1v) is 18.1. The molecule has 1 aromatic heterocycles. The van der Waals surface area contributed by atoms with Crippen molar-refractivity contribution in [3.8, 4) is 5.75 Å². The third kappa shape index (κ3) is 4.08. The highest BCUT2D eigenvalue weighted by atomic mass is 79.9. The first kappa shape index (κ1) is 34.5. The van der Waals surface area contributed by atoms with Gasteiger partial charge in [0.1, 0.15) is 25.9 Å². The number of hydrogen-bond donors (Lipinski definition) is 0. The van der Waals surface area contributed by atoms with Gasteiger partial charge in [0, 0.05) is 16.9 Å². The first-order valence-electron chi connectivity index (χ1n) is 16.5. The molecule has 264 valence electrons. The van der Waals surface area contributed by atoms with Crippen LogP contribution in [0.4, 0.5) is 0 Å². The second kappa shape index (κ2) is 9.89. The zero-order valence-corrected chi connectivity index (χ0v) is 32.1. The molecule has 4 heterocycles. The molecular weight excluding hydrogens is 768 g/mol. The Morgan fingerprint density at radius 1 is 0.776 bits per heavy atom. The SMILES string of the molecule is CC(Br)(Br)c1cc(=O)c2ccc3c(c2o1)[C@@H](OC(=O)C12CC[C@@](C)(C(=O)O1)C2(C)C)[C@@H](OC(=O)C12CC[C@](C)(C(=O)O1)C2(C)C)C(C)(C)O3. The van der Waals surface area contributed by atoms with Crippen molar-refractivity contribution in [1.82, 2.24) is 0 Å². The summed E-state index contributed by atoms with van der Waals surface area (Å²) in [5.41, 5.74) is -8.34. The monoisotopic (exact) mass is 806 g/mol. The summed E-state index contributed by atoms with van der Waals surface area (Å²) in [6, 6.07) is 4.49. The summed E-state index contributed by atoms with van der Waals surface area (Å²) in [6.07, 6.45) is -1.42. The smallest absolute Gasteiger partial charge is 0.351 e. The summed E-state index contributed by atoms with van der Waals surface area (Å²) in [6.45, 7) is 15.9. The average Bonchev–Trinajstić information content (AvgIpc) is 3.45. The lowest BCUT2D eigenvalue weighted by molar-refractivity contribution is -0.217. The van der Waals surface area contributed by atoms with Crippen LogP contribution >= 0.6 is 31.9 Å². The van der Waals surface area contributed by atoms with E-state index in [1.54, 1.807) is 46.8 Å². The van der Waals surface area contributed by atoms with E-state index in [-0.39, 0.29) is 46.3 Å². The number of benzene rings is 1. The second-order valence-electron chi connectivity index (χ2n) is 16.4. The van der Waals surface area contributed by atoms with Crippen LogP contribution in [0.1, 0.15) is 105 Å². The van der Waals surface area contributed by atoms with E-state index in [1.165, 1.54) is 6.07 Å². The van der Waals surface area contributed by atoms with Crippen molar-refractivity contribution in [3.63, 3.8) is 0 Å². The molecule has 0 amide bonds. The number of carbonyl (C=O) groups is 4. The highest BCUT2D eigenvalue weighted by Gasteiger charge is 2.78. The Labute approximate surface area is 300 Å². The van der Waals surface area contributed by atoms with Crippen LogP contribution < -0.4 is 10.2 Å². The number of esters is 4. The lowest BCUT2D eigenvalue weighted by Crippen LogP contribution is -2.57. The molecule has 0 radical (unpaired) electrons. The first-order chi connectivity index (χ1) is 22.4. The largest absolute Gasteiger partial charge is 0.483 e. The van der Waals surface area contributed by atoms with Gasteiger partial charge in [-0.3, -0.25) is 14.4 Å². The standard InChI is InChI=1S/C36H40Br2O11/c1-29(2)24(46-28(43)36-15-13-33(8,26(41)49-36)31(36,5)6)23(45-27(42)35-14-12-32(7,25(40)48-35)30(35,3)4)21-19(47-29)11-10-17-18(39)16-20(34(9,37)38)44-22(17)21/h10-11,16,23-24H,12-15H2,1-9H3/t23-,24-,32+,33-,35?,36?/m1/s1. The van der Waals surface area contributed by atoms with E-state index in [1.807, 2.05) is 27.7 Å². The fourth-order valence-electron chi connectivity index (χ4n) is 8.80. The number of hydrogen-bond acceptors (Lipinski definition) is 11. The van der Waals surface area contributed by atoms with Gasteiger partial charge in [-0.2, -0.15) is 0 Å². The number of halogens is 2. The van der Waals surface area contributed by atoms with Crippen molar-refractivity contribution < 1.29 is 47.3 Å². The Morgan fingerprint density at radius 3 is 1.73 bits per heavy atom. The van der Waals surface area contributed by atoms with E-state index in [2.05, 4.69) is 31.9 Å². The van der Waals surface area contributed by atoms with E-state index in [0.717, 1.165) is 0 Å². The molecule has 4 bridgehead atoms. The number of alkyl halides is 2. The summed E-state index contributed by atoms with van der Waals surface area (Å²) in [7, 11) is 0. The fraction of sp³-hybridized carbons (Fsp3) is 0.639. The maximum Gasteiger partial charge on any atom is 0.351 e. The lowest BCUT2D eigenvalue weighted by Gasteiger charge is -2.45. The maximum atomic E-state index is 14.6. The summed E-state index contributed by atoms with van der Waals surface area (Å²) < 4.78 is 36.4. The van der Waals surface area contributed by atoms with E-state index < -0.39 is 77.8 Å². The molecule has 6 atom stereocenters. The highest BCUT2D eigenvalue weighted by molar-refractivity contribution is 9.24. The molecule has 49 heavy (non-hydrogen) atoms. The van der Waals surface area contributed by atoms with Crippen LogP contribution in [0, 0.1) is 21.7 Å². The molecule has 7 rings (SSSR count). The van der Waals surface area contributed by atoms with Crippen LogP contribution in [0.15, 0.2) is 27.4 Å². The van der Waals surface area contributed by atoms with E-state index in [9.17, 15) is 24.0 Å². The molecule has 2 saturated heterocycles. The molecule has 2 aromatic rings. The van der Waals surface area contributed by atoms with Gasteiger partial charge in [0.2, 0.25) is 11.2 Å². The van der Waals surface area contributed by atoms with Gasteiger partial charge in [-0.15, -0.1) is 0 Å². The van der Waals surface area contributed by atoms with Crippen LogP contribution in [0.25, 0.3) is 11.0 Å². The molecule has 0 N–H and O–H groups in total. The van der Waals surface area contributed by atoms with Crippen LogP contribution in [-0.4, -0.2) is 46.8 Å². The maximum absolute atomic E-state index is 14.6. The fourth-order valence-corrected chi connectivity index (χ4v) is 9.19. The van der Waals surface area contributed by atoms with Gasteiger partial charge in [0.25, 0.3) is 0 Å². The van der Waals surface area contributed by atoms with Gasteiger partial charge in [0.15, 0.2) is 17.6 Å². The summed E-state index contributed by atoms with van der Waals surface area (Å²) >= 11 is 6.99.